The summed E-state index contributed by atoms with van der Waals surface area (Å²) in [6.07, 6.45) is 8.89. The van der Waals surface area contributed by atoms with Crippen LogP contribution in [0.1, 0.15) is 23.2 Å². The molecule has 1 heterocycles. The number of carbonyl (C=O) groups is 2. The zero-order valence-electron chi connectivity index (χ0n) is 12.5. The second-order valence-corrected chi connectivity index (χ2v) is 5.43. The van der Waals surface area contributed by atoms with Crippen LogP contribution in [0, 0.1) is 5.92 Å². The molecule has 0 unspecified atom stereocenters. The van der Waals surface area contributed by atoms with Crippen molar-refractivity contribution in [3.05, 3.63) is 66.5 Å². The Morgan fingerprint density at radius 3 is 2.43 bits per heavy atom. The first-order valence-electron chi connectivity index (χ1n) is 7.52. The van der Waals surface area contributed by atoms with Crippen LogP contribution in [0.4, 0.5) is 11.4 Å². The SMILES string of the molecule is O=C(/C=C/C1CC1)Nc1ccccc1NC(=O)c1cccnc1. The summed E-state index contributed by atoms with van der Waals surface area (Å²) in [4.78, 5) is 28.1. The topological polar surface area (TPSA) is 71.1 Å². The summed E-state index contributed by atoms with van der Waals surface area (Å²) in [5, 5.41) is 5.59. The number of para-hydroxylation sites is 2. The van der Waals surface area contributed by atoms with Crippen molar-refractivity contribution in [2.45, 2.75) is 12.8 Å². The number of hydrogen-bond donors (Lipinski definition) is 2. The molecule has 3 rings (SSSR count). The van der Waals surface area contributed by atoms with Crippen LogP contribution in [0.5, 0.6) is 0 Å². The summed E-state index contributed by atoms with van der Waals surface area (Å²) in [5.41, 5.74) is 1.58. The fourth-order valence-corrected chi connectivity index (χ4v) is 2.08. The van der Waals surface area contributed by atoms with Crippen LogP contribution in [0.15, 0.2) is 60.9 Å². The molecular weight excluding hydrogens is 290 g/mol. The van der Waals surface area contributed by atoms with Gasteiger partial charge in [-0.1, -0.05) is 18.2 Å². The van der Waals surface area contributed by atoms with Gasteiger partial charge in [-0.15, -0.1) is 0 Å². The van der Waals surface area contributed by atoms with E-state index in [4.69, 9.17) is 0 Å². The third-order valence-corrected chi connectivity index (χ3v) is 3.50. The second-order valence-electron chi connectivity index (χ2n) is 5.43. The lowest BCUT2D eigenvalue weighted by atomic mass is 10.2. The van der Waals surface area contributed by atoms with Crippen molar-refractivity contribution in [2.75, 3.05) is 10.6 Å². The number of amides is 2. The minimum atomic E-state index is -0.270. The van der Waals surface area contributed by atoms with Gasteiger partial charge in [0.25, 0.3) is 5.91 Å². The summed E-state index contributed by atoms with van der Waals surface area (Å²) >= 11 is 0. The molecule has 1 fully saturated rings. The lowest BCUT2D eigenvalue weighted by molar-refractivity contribution is -0.111. The number of nitrogens with zero attached hydrogens (tertiary/aromatic N) is 1. The Morgan fingerprint density at radius 1 is 1.04 bits per heavy atom. The highest BCUT2D eigenvalue weighted by molar-refractivity contribution is 6.08. The summed E-state index contributed by atoms with van der Waals surface area (Å²) in [6, 6.07) is 10.5. The molecule has 5 nitrogen and oxygen atoms in total. The van der Waals surface area contributed by atoms with E-state index < -0.39 is 0 Å². The van der Waals surface area contributed by atoms with Gasteiger partial charge in [0, 0.05) is 12.4 Å². The molecule has 2 amide bonds. The zero-order chi connectivity index (χ0) is 16.1. The van der Waals surface area contributed by atoms with Gasteiger partial charge in [0.15, 0.2) is 0 Å². The molecule has 5 heteroatoms. The maximum atomic E-state index is 12.2. The zero-order valence-corrected chi connectivity index (χ0v) is 12.5. The molecule has 0 aliphatic heterocycles. The number of anilines is 2. The Bertz CT molecular complexity index is 737. The quantitative estimate of drug-likeness (QED) is 0.833. The van der Waals surface area contributed by atoms with E-state index in [0.29, 0.717) is 22.9 Å². The summed E-state index contributed by atoms with van der Waals surface area (Å²) in [7, 11) is 0. The van der Waals surface area contributed by atoms with Gasteiger partial charge in [-0.2, -0.15) is 0 Å². The van der Waals surface area contributed by atoms with Crippen molar-refractivity contribution in [3.63, 3.8) is 0 Å². The molecule has 2 aromatic rings. The Hall–Kier alpha value is -2.95. The average molecular weight is 307 g/mol. The molecule has 1 aromatic heterocycles. The standard InChI is InChI=1S/C18H17N3O2/c22-17(10-9-13-7-8-13)20-15-5-1-2-6-16(15)21-18(23)14-4-3-11-19-12-14/h1-6,9-13H,7-8H2,(H,20,22)(H,21,23)/b10-9+. The third-order valence-electron chi connectivity index (χ3n) is 3.50. The fraction of sp³-hybridized carbons (Fsp3) is 0.167. The minimum Gasteiger partial charge on any atom is -0.321 e. The first-order chi connectivity index (χ1) is 11.2. The Balaban J connectivity index is 1.70. The predicted octanol–water partition coefficient (Wildman–Crippen LogP) is 3.24. The molecule has 0 saturated heterocycles. The average Bonchev–Trinajstić information content (AvgIpc) is 3.40. The molecule has 0 atom stereocenters. The molecule has 0 bridgehead atoms. The van der Waals surface area contributed by atoms with E-state index in [-0.39, 0.29) is 11.8 Å². The number of pyridine rings is 1. The highest BCUT2D eigenvalue weighted by Gasteiger charge is 2.17. The molecule has 1 saturated carbocycles. The van der Waals surface area contributed by atoms with Crippen LogP contribution in [-0.2, 0) is 4.79 Å². The highest BCUT2D eigenvalue weighted by atomic mass is 16.2. The molecule has 1 aliphatic carbocycles. The number of carbonyl (C=O) groups excluding carboxylic acids is 2. The first kappa shape index (κ1) is 15.0. The number of nitrogens with one attached hydrogen (secondary N) is 2. The van der Waals surface area contributed by atoms with Crippen LogP contribution in [0.3, 0.4) is 0 Å². The molecule has 1 aromatic carbocycles. The smallest absolute Gasteiger partial charge is 0.257 e. The second kappa shape index (κ2) is 6.87. The molecule has 0 spiro atoms. The van der Waals surface area contributed by atoms with E-state index >= 15 is 0 Å². The largest absolute Gasteiger partial charge is 0.321 e. The molecular formula is C18H17N3O2. The summed E-state index contributed by atoms with van der Waals surface area (Å²) < 4.78 is 0. The highest BCUT2D eigenvalue weighted by Crippen LogP contribution is 2.30. The number of hydrogen-bond acceptors (Lipinski definition) is 3. The number of benzene rings is 1. The van der Waals surface area contributed by atoms with E-state index in [1.54, 1.807) is 48.7 Å². The van der Waals surface area contributed by atoms with Gasteiger partial charge in [0.2, 0.25) is 5.91 Å². The van der Waals surface area contributed by atoms with Crippen LogP contribution < -0.4 is 10.6 Å². The fourth-order valence-electron chi connectivity index (χ4n) is 2.08. The lowest BCUT2D eigenvalue weighted by Crippen LogP contribution is -2.15. The predicted molar refractivity (Wildman–Crippen MR) is 89.1 cm³/mol. The van der Waals surface area contributed by atoms with E-state index in [9.17, 15) is 9.59 Å². The van der Waals surface area contributed by atoms with Crippen LogP contribution >= 0.6 is 0 Å². The van der Waals surface area contributed by atoms with E-state index in [0.717, 1.165) is 12.8 Å². The number of allylic oxidation sites excluding steroid dienone is 1. The number of aromatic nitrogens is 1. The van der Waals surface area contributed by atoms with Crippen LogP contribution in [0.25, 0.3) is 0 Å². The van der Waals surface area contributed by atoms with Crippen LogP contribution in [0.2, 0.25) is 0 Å². The van der Waals surface area contributed by atoms with Gasteiger partial charge in [-0.25, -0.2) is 0 Å². The van der Waals surface area contributed by atoms with Crippen LogP contribution in [-0.4, -0.2) is 16.8 Å². The van der Waals surface area contributed by atoms with E-state index in [1.807, 2.05) is 6.08 Å². The van der Waals surface area contributed by atoms with Gasteiger partial charge in [0.1, 0.15) is 0 Å². The van der Waals surface area contributed by atoms with Gasteiger partial charge in [0.05, 0.1) is 16.9 Å². The van der Waals surface area contributed by atoms with Crippen molar-refractivity contribution in [1.82, 2.24) is 4.98 Å². The van der Waals surface area contributed by atoms with E-state index in [2.05, 4.69) is 15.6 Å². The molecule has 0 radical (unpaired) electrons. The Morgan fingerprint density at radius 2 is 1.78 bits per heavy atom. The van der Waals surface area contributed by atoms with Crippen molar-refractivity contribution in [2.24, 2.45) is 5.92 Å². The van der Waals surface area contributed by atoms with Gasteiger partial charge in [-0.3, -0.25) is 14.6 Å². The number of rotatable bonds is 5. The van der Waals surface area contributed by atoms with Crippen molar-refractivity contribution < 1.29 is 9.59 Å². The maximum Gasteiger partial charge on any atom is 0.257 e. The third kappa shape index (κ3) is 4.26. The summed E-state index contributed by atoms with van der Waals surface area (Å²) in [6.45, 7) is 0. The van der Waals surface area contributed by atoms with Crippen molar-refractivity contribution in [1.29, 1.82) is 0 Å². The minimum absolute atomic E-state index is 0.194. The maximum absolute atomic E-state index is 12.2. The molecule has 1 aliphatic rings. The first-order valence-corrected chi connectivity index (χ1v) is 7.52. The molecule has 2 N–H and O–H groups in total. The van der Waals surface area contributed by atoms with Gasteiger partial charge in [-0.05, 0) is 49.1 Å². The molecule has 116 valence electrons. The normalized spacial score (nSPS) is 13.7. The van der Waals surface area contributed by atoms with Gasteiger partial charge < -0.3 is 10.6 Å². The van der Waals surface area contributed by atoms with E-state index in [1.165, 1.54) is 6.20 Å². The van der Waals surface area contributed by atoms with Crippen molar-refractivity contribution >= 4 is 23.2 Å². The Labute approximate surface area is 134 Å². The van der Waals surface area contributed by atoms with Crippen molar-refractivity contribution in [3.8, 4) is 0 Å². The monoisotopic (exact) mass is 307 g/mol. The molecule has 23 heavy (non-hydrogen) atoms. The Kier molecular flexibility index (Phi) is 4.47. The lowest BCUT2D eigenvalue weighted by Gasteiger charge is -2.11. The summed E-state index contributed by atoms with van der Waals surface area (Å²) in [5.74, 6) is 0.0783. The van der Waals surface area contributed by atoms with Gasteiger partial charge >= 0.3 is 0 Å².